The smallest absolute Gasteiger partial charge is 0.224 e. The minimum absolute atomic E-state index is 0.140. The molecule has 1 heterocycles. The van der Waals surface area contributed by atoms with E-state index in [4.69, 9.17) is 0 Å². The number of allylic oxidation sites excluding steroid dienone is 4. The van der Waals surface area contributed by atoms with Crippen molar-refractivity contribution >= 4 is 11.6 Å². The third-order valence-corrected chi connectivity index (χ3v) is 4.53. The lowest BCUT2D eigenvalue weighted by Gasteiger charge is -2.07. The average Bonchev–Trinajstić information content (AvgIpc) is 2.56. The van der Waals surface area contributed by atoms with Crippen molar-refractivity contribution in [3.05, 3.63) is 53.6 Å². The summed E-state index contributed by atoms with van der Waals surface area (Å²) in [6.07, 6.45) is 17.8. The third kappa shape index (κ3) is 7.63. The molecule has 0 atom stereocenters. The maximum atomic E-state index is 12.0. The van der Waals surface area contributed by atoms with Crippen LogP contribution in [0, 0.1) is 0 Å². The number of hydrogen-bond acceptors (Lipinski definition) is 1. The van der Waals surface area contributed by atoms with E-state index in [2.05, 4.69) is 42.6 Å². The number of rotatable bonds is 0. The second-order valence-electron chi connectivity index (χ2n) is 6.80. The number of fused-ring (bicyclic) bond motifs is 2. The van der Waals surface area contributed by atoms with Crippen molar-refractivity contribution in [3.8, 4) is 0 Å². The van der Waals surface area contributed by atoms with Gasteiger partial charge in [-0.2, -0.15) is 0 Å². The summed E-state index contributed by atoms with van der Waals surface area (Å²) < 4.78 is 0. The van der Waals surface area contributed by atoms with Crippen LogP contribution in [0.2, 0.25) is 0 Å². The van der Waals surface area contributed by atoms with Crippen molar-refractivity contribution < 1.29 is 4.79 Å². The van der Waals surface area contributed by atoms with Crippen LogP contribution >= 0.6 is 0 Å². The van der Waals surface area contributed by atoms with Crippen LogP contribution in [0.4, 0.5) is 5.69 Å². The highest BCUT2D eigenvalue weighted by Crippen LogP contribution is 2.15. The van der Waals surface area contributed by atoms with Crippen molar-refractivity contribution in [2.45, 2.75) is 71.1 Å². The summed E-state index contributed by atoms with van der Waals surface area (Å²) in [7, 11) is 0. The quantitative estimate of drug-likeness (QED) is 0.566. The molecule has 0 aromatic heterocycles. The predicted octanol–water partition coefficient (Wildman–Crippen LogP) is 6.19. The Kier molecular flexibility index (Phi) is 8.37. The highest BCUT2D eigenvalue weighted by molar-refractivity contribution is 5.90. The van der Waals surface area contributed by atoms with Crippen LogP contribution in [0.25, 0.3) is 0 Å². The highest BCUT2D eigenvalue weighted by atomic mass is 16.1. The molecule has 1 N–H and O–H groups in total. The van der Waals surface area contributed by atoms with Gasteiger partial charge in [-0.3, -0.25) is 4.79 Å². The highest BCUT2D eigenvalue weighted by Gasteiger charge is 2.03. The van der Waals surface area contributed by atoms with E-state index in [1.807, 2.05) is 12.1 Å². The van der Waals surface area contributed by atoms with Gasteiger partial charge in [0.2, 0.25) is 5.91 Å². The molecule has 1 aliphatic rings. The number of carbonyl (C=O) groups excluding carboxylic acids is 1. The second-order valence-corrected chi connectivity index (χ2v) is 6.80. The maximum Gasteiger partial charge on any atom is 0.224 e. The first-order chi connectivity index (χ1) is 11.7. The van der Waals surface area contributed by atoms with Gasteiger partial charge in [-0.1, -0.05) is 48.8 Å². The fourth-order valence-electron chi connectivity index (χ4n) is 3.06. The number of anilines is 1. The molecule has 2 rings (SSSR count). The Balaban J connectivity index is 1.97. The molecule has 1 amide bonds. The summed E-state index contributed by atoms with van der Waals surface area (Å²) in [6, 6.07) is 8.27. The summed E-state index contributed by atoms with van der Waals surface area (Å²) in [6.45, 7) is 2.23. The van der Waals surface area contributed by atoms with Gasteiger partial charge >= 0.3 is 0 Å². The number of amides is 1. The molecule has 130 valence electrons. The van der Waals surface area contributed by atoms with Gasteiger partial charge in [0.15, 0.2) is 0 Å². The summed E-state index contributed by atoms with van der Waals surface area (Å²) in [5.41, 5.74) is 3.69. The second kappa shape index (κ2) is 10.9. The lowest BCUT2D eigenvalue weighted by molar-refractivity contribution is -0.116. The molecule has 0 saturated carbocycles. The van der Waals surface area contributed by atoms with Crippen LogP contribution in [0.15, 0.2) is 48.1 Å². The van der Waals surface area contributed by atoms with E-state index in [9.17, 15) is 4.79 Å². The molecule has 1 aromatic rings. The number of hydrogen-bond donors (Lipinski definition) is 1. The molecule has 2 bridgehead atoms. The standard InChI is InChI=1S/C22H31NO/c1-19-12-8-6-4-2-3-5-7-9-17-22(24)23-21-16-11-15-20(18-21)14-10-13-19/h4,6,11,13,15-16,18H,2-3,5,7-10,12,14,17H2,1H3,(H,23,24)/b6-4+,19-13-. The van der Waals surface area contributed by atoms with Gasteiger partial charge in [0, 0.05) is 12.1 Å². The Hall–Kier alpha value is -1.83. The minimum Gasteiger partial charge on any atom is -0.326 e. The van der Waals surface area contributed by atoms with Gasteiger partial charge in [-0.25, -0.2) is 0 Å². The topological polar surface area (TPSA) is 29.1 Å². The van der Waals surface area contributed by atoms with E-state index in [0.29, 0.717) is 6.42 Å². The van der Waals surface area contributed by atoms with Gasteiger partial charge < -0.3 is 5.32 Å². The molecule has 0 unspecified atom stereocenters. The molecule has 0 radical (unpaired) electrons. The molecular weight excluding hydrogens is 294 g/mol. The van der Waals surface area contributed by atoms with E-state index in [1.54, 1.807) is 0 Å². The minimum atomic E-state index is 0.140. The summed E-state index contributed by atoms with van der Waals surface area (Å²) in [5.74, 6) is 0.140. The Morgan fingerprint density at radius 2 is 1.71 bits per heavy atom. The normalized spacial score (nSPS) is 22.2. The molecule has 24 heavy (non-hydrogen) atoms. The number of nitrogens with one attached hydrogen (secondary N) is 1. The van der Waals surface area contributed by atoms with Crippen molar-refractivity contribution in [3.63, 3.8) is 0 Å². The van der Waals surface area contributed by atoms with E-state index in [-0.39, 0.29) is 5.91 Å². The Morgan fingerprint density at radius 3 is 2.62 bits per heavy atom. The molecule has 0 saturated heterocycles. The van der Waals surface area contributed by atoms with Gasteiger partial charge in [0.1, 0.15) is 0 Å². The lowest BCUT2D eigenvalue weighted by atomic mass is 10.1. The van der Waals surface area contributed by atoms with Crippen LogP contribution < -0.4 is 5.32 Å². The van der Waals surface area contributed by atoms with Crippen molar-refractivity contribution in [1.82, 2.24) is 0 Å². The monoisotopic (exact) mass is 325 g/mol. The summed E-state index contributed by atoms with van der Waals surface area (Å²) in [5, 5.41) is 3.04. The number of carbonyl (C=O) groups is 1. The molecule has 0 spiro atoms. The third-order valence-electron chi connectivity index (χ3n) is 4.53. The first-order valence-corrected chi connectivity index (χ1v) is 9.43. The lowest BCUT2D eigenvalue weighted by Crippen LogP contribution is -2.11. The van der Waals surface area contributed by atoms with Crippen LogP contribution in [0.1, 0.15) is 70.3 Å². The average molecular weight is 325 g/mol. The SMILES string of the molecule is C/C1=C/CCc2cccc(c2)NC(=O)CCCCCC/C=C/CC1. The van der Waals surface area contributed by atoms with Gasteiger partial charge in [-0.15, -0.1) is 0 Å². The van der Waals surface area contributed by atoms with Gasteiger partial charge in [-0.05, 0) is 69.6 Å². The van der Waals surface area contributed by atoms with E-state index in [1.165, 1.54) is 30.4 Å². The van der Waals surface area contributed by atoms with E-state index in [0.717, 1.165) is 44.2 Å². The first-order valence-electron chi connectivity index (χ1n) is 9.43. The van der Waals surface area contributed by atoms with Crippen LogP contribution in [-0.4, -0.2) is 5.91 Å². The number of benzene rings is 1. The van der Waals surface area contributed by atoms with E-state index < -0.39 is 0 Å². The van der Waals surface area contributed by atoms with Crippen LogP contribution in [-0.2, 0) is 11.2 Å². The van der Waals surface area contributed by atoms with Gasteiger partial charge in [0.05, 0.1) is 0 Å². The molecular formula is C22H31NO. The Bertz CT molecular complexity index is 571. The van der Waals surface area contributed by atoms with Crippen molar-refractivity contribution in [2.75, 3.05) is 5.32 Å². The predicted molar refractivity (Wildman–Crippen MR) is 103 cm³/mol. The van der Waals surface area contributed by atoms with Crippen LogP contribution in [0.3, 0.4) is 0 Å². The molecule has 1 aliphatic heterocycles. The maximum absolute atomic E-state index is 12.0. The molecule has 1 aromatic carbocycles. The zero-order chi connectivity index (χ0) is 17.0. The zero-order valence-corrected chi connectivity index (χ0v) is 15.0. The fourth-order valence-corrected chi connectivity index (χ4v) is 3.06. The Labute approximate surface area is 147 Å². The zero-order valence-electron chi connectivity index (χ0n) is 15.0. The molecule has 0 aliphatic carbocycles. The first kappa shape index (κ1) is 18.5. The molecule has 2 nitrogen and oxygen atoms in total. The van der Waals surface area contributed by atoms with Crippen molar-refractivity contribution in [2.24, 2.45) is 0 Å². The fraction of sp³-hybridized carbons (Fsp3) is 0.500. The Morgan fingerprint density at radius 1 is 0.875 bits per heavy atom. The summed E-state index contributed by atoms with van der Waals surface area (Å²) in [4.78, 5) is 12.0. The van der Waals surface area contributed by atoms with Gasteiger partial charge in [0.25, 0.3) is 0 Å². The van der Waals surface area contributed by atoms with E-state index >= 15 is 0 Å². The molecule has 2 heteroatoms. The largest absolute Gasteiger partial charge is 0.326 e. The number of aryl methyl sites for hydroxylation is 1. The van der Waals surface area contributed by atoms with Crippen molar-refractivity contribution in [1.29, 1.82) is 0 Å². The molecule has 0 fully saturated rings. The van der Waals surface area contributed by atoms with Crippen LogP contribution in [0.5, 0.6) is 0 Å². The summed E-state index contributed by atoms with van der Waals surface area (Å²) >= 11 is 0.